The number of hydrogen-bond donors (Lipinski definition) is 2. The van der Waals surface area contributed by atoms with Crippen molar-refractivity contribution < 1.29 is 36.2 Å². The smallest absolute Gasteiger partial charge is 0.425 e. The first-order chi connectivity index (χ1) is 16.5. The van der Waals surface area contributed by atoms with Gasteiger partial charge in [0.05, 0.1) is 16.9 Å². The predicted molar refractivity (Wildman–Crippen MR) is 122 cm³/mol. The molecule has 4 rings (SSSR count). The SMILES string of the molecule is C[C@@H](OC(=O)Nc1ccc(-c2c(N)c3ccc(OCC(F)F)cc3n2CC2CC2)cc1)C(F)(F)F. The molecule has 1 amide bonds. The number of ether oxygens (including phenoxy) is 2. The molecule has 0 bridgehead atoms. The normalized spacial score (nSPS) is 14.8. The quantitative estimate of drug-likeness (QED) is 0.351. The van der Waals surface area contributed by atoms with E-state index in [1.54, 1.807) is 30.3 Å². The highest BCUT2D eigenvalue weighted by Gasteiger charge is 2.39. The van der Waals surface area contributed by atoms with Gasteiger partial charge < -0.3 is 19.8 Å². The molecule has 1 saturated carbocycles. The number of hydrogen-bond acceptors (Lipinski definition) is 4. The van der Waals surface area contributed by atoms with E-state index in [4.69, 9.17) is 10.5 Å². The number of alkyl halides is 5. The van der Waals surface area contributed by atoms with Crippen molar-refractivity contribution in [2.24, 2.45) is 5.92 Å². The van der Waals surface area contributed by atoms with Crippen LogP contribution in [0, 0.1) is 5.92 Å². The maximum absolute atomic E-state index is 12.6. The molecule has 188 valence electrons. The molecule has 1 fully saturated rings. The molecule has 0 radical (unpaired) electrons. The van der Waals surface area contributed by atoms with Crippen molar-refractivity contribution in [1.82, 2.24) is 4.57 Å². The van der Waals surface area contributed by atoms with E-state index in [0.29, 0.717) is 23.9 Å². The van der Waals surface area contributed by atoms with Crippen LogP contribution in [0.2, 0.25) is 0 Å². The second-order valence-electron chi connectivity index (χ2n) is 8.49. The van der Waals surface area contributed by atoms with E-state index < -0.39 is 31.4 Å². The lowest BCUT2D eigenvalue weighted by Crippen LogP contribution is -2.32. The van der Waals surface area contributed by atoms with Crippen molar-refractivity contribution in [3.05, 3.63) is 42.5 Å². The Morgan fingerprint density at radius 1 is 1.17 bits per heavy atom. The summed E-state index contributed by atoms with van der Waals surface area (Å²) in [5, 5.41) is 3.02. The highest BCUT2D eigenvalue weighted by atomic mass is 19.4. The zero-order valence-corrected chi connectivity index (χ0v) is 18.7. The average Bonchev–Trinajstić information content (AvgIpc) is 3.57. The monoisotopic (exact) mass is 497 g/mol. The second-order valence-corrected chi connectivity index (χ2v) is 8.49. The summed E-state index contributed by atoms with van der Waals surface area (Å²) in [5.74, 6) is 0.783. The molecule has 1 atom stereocenters. The molecule has 1 aliphatic carbocycles. The summed E-state index contributed by atoms with van der Waals surface area (Å²) >= 11 is 0. The van der Waals surface area contributed by atoms with Gasteiger partial charge in [-0.2, -0.15) is 13.2 Å². The van der Waals surface area contributed by atoms with Gasteiger partial charge in [-0.15, -0.1) is 0 Å². The lowest BCUT2D eigenvalue weighted by molar-refractivity contribution is -0.196. The molecule has 1 heterocycles. The summed E-state index contributed by atoms with van der Waals surface area (Å²) < 4.78 is 74.5. The van der Waals surface area contributed by atoms with E-state index >= 15 is 0 Å². The van der Waals surface area contributed by atoms with Crippen LogP contribution in [0.1, 0.15) is 19.8 Å². The van der Waals surface area contributed by atoms with Crippen LogP contribution >= 0.6 is 0 Å². The van der Waals surface area contributed by atoms with Gasteiger partial charge in [0.15, 0.2) is 6.10 Å². The number of nitrogens with one attached hydrogen (secondary N) is 1. The molecule has 1 aliphatic rings. The largest absolute Gasteiger partial charge is 0.488 e. The zero-order chi connectivity index (χ0) is 25.3. The maximum Gasteiger partial charge on any atom is 0.425 e. The fourth-order valence-electron chi connectivity index (χ4n) is 3.75. The molecule has 0 unspecified atom stereocenters. The second kappa shape index (κ2) is 9.63. The Hall–Kier alpha value is -3.50. The molecular weight excluding hydrogens is 473 g/mol. The molecule has 3 aromatic rings. The summed E-state index contributed by atoms with van der Waals surface area (Å²) in [6.07, 6.45) is -8.57. The summed E-state index contributed by atoms with van der Waals surface area (Å²) in [5.41, 5.74) is 9.42. The molecule has 1 aromatic heterocycles. The van der Waals surface area contributed by atoms with Crippen LogP contribution < -0.4 is 15.8 Å². The van der Waals surface area contributed by atoms with Crippen LogP contribution in [-0.4, -0.2) is 36.0 Å². The fourth-order valence-corrected chi connectivity index (χ4v) is 3.75. The van der Waals surface area contributed by atoms with Gasteiger partial charge in [-0.05, 0) is 49.9 Å². The van der Waals surface area contributed by atoms with E-state index in [0.717, 1.165) is 41.9 Å². The van der Waals surface area contributed by atoms with Gasteiger partial charge >= 0.3 is 12.3 Å². The molecule has 0 spiro atoms. The molecule has 35 heavy (non-hydrogen) atoms. The van der Waals surface area contributed by atoms with Gasteiger partial charge in [-0.1, -0.05) is 12.1 Å². The number of carbonyl (C=O) groups is 1. The van der Waals surface area contributed by atoms with Crippen LogP contribution in [0.15, 0.2) is 42.5 Å². The van der Waals surface area contributed by atoms with Crippen molar-refractivity contribution in [1.29, 1.82) is 0 Å². The van der Waals surface area contributed by atoms with Gasteiger partial charge in [0.2, 0.25) is 0 Å². The number of amides is 1. The Balaban J connectivity index is 1.61. The molecular formula is C24H24F5N3O3. The highest BCUT2D eigenvalue weighted by molar-refractivity contribution is 6.01. The minimum Gasteiger partial charge on any atom is -0.488 e. The fraction of sp³-hybridized carbons (Fsp3) is 0.375. The summed E-state index contributed by atoms with van der Waals surface area (Å²) in [7, 11) is 0. The number of nitrogens with zero attached hydrogens (tertiary/aromatic N) is 1. The van der Waals surface area contributed by atoms with Gasteiger partial charge in [-0.25, -0.2) is 13.6 Å². The average molecular weight is 497 g/mol. The molecule has 3 N–H and O–H groups in total. The Bertz CT molecular complexity index is 1200. The number of benzene rings is 2. The Morgan fingerprint density at radius 2 is 1.86 bits per heavy atom. The maximum atomic E-state index is 12.6. The Labute approximate surface area is 197 Å². The van der Waals surface area contributed by atoms with Crippen molar-refractivity contribution >= 4 is 28.4 Å². The molecule has 6 nitrogen and oxygen atoms in total. The zero-order valence-electron chi connectivity index (χ0n) is 18.7. The standard InChI is InChI=1S/C24H24F5N3O3/c1-13(24(27,28)29)35-23(33)31-16-6-4-15(5-7-16)22-21(30)18-9-8-17(34-12-20(25)26)10-19(18)32(22)11-14-2-3-14/h4-10,13-14,20H,2-3,11-12,30H2,1H3,(H,31,33)/t13-/m1/s1. The van der Waals surface area contributed by atoms with E-state index in [2.05, 4.69) is 10.1 Å². The van der Waals surface area contributed by atoms with Crippen molar-refractivity contribution in [2.75, 3.05) is 17.7 Å². The number of aromatic nitrogens is 1. The number of nitrogens with two attached hydrogens (primary N) is 1. The van der Waals surface area contributed by atoms with Crippen LogP contribution in [-0.2, 0) is 11.3 Å². The molecule has 2 aromatic carbocycles. The molecule has 0 aliphatic heterocycles. The molecule has 11 heteroatoms. The van der Waals surface area contributed by atoms with Crippen molar-refractivity contribution in [3.63, 3.8) is 0 Å². The van der Waals surface area contributed by atoms with Crippen molar-refractivity contribution in [2.45, 2.75) is 45.0 Å². The number of fused-ring (bicyclic) bond motifs is 1. The number of carbonyl (C=O) groups excluding carboxylic acids is 1. The van der Waals surface area contributed by atoms with Gasteiger partial charge in [0, 0.05) is 29.2 Å². The first-order valence-electron chi connectivity index (χ1n) is 11.0. The summed E-state index contributed by atoms with van der Waals surface area (Å²) in [4.78, 5) is 11.8. The van der Waals surface area contributed by atoms with Crippen LogP contribution in [0.5, 0.6) is 5.75 Å². The topological polar surface area (TPSA) is 78.5 Å². The van der Waals surface area contributed by atoms with E-state index in [9.17, 15) is 26.7 Å². The Kier molecular flexibility index (Phi) is 6.77. The highest BCUT2D eigenvalue weighted by Crippen LogP contribution is 2.41. The number of halogens is 5. The lowest BCUT2D eigenvalue weighted by Gasteiger charge is -2.17. The van der Waals surface area contributed by atoms with Gasteiger partial charge in [-0.3, -0.25) is 5.32 Å². The first kappa shape index (κ1) is 24.6. The lowest BCUT2D eigenvalue weighted by atomic mass is 10.1. The number of nitrogen functional groups attached to an aromatic ring is 1. The summed E-state index contributed by atoms with van der Waals surface area (Å²) in [6, 6.07) is 11.4. The van der Waals surface area contributed by atoms with Crippen molar-refractivity contribution in [3.8, 4) is 17.0 Å². The van der Waals surface area contributed by atoms with Gasteiger partial charge in [0.25, 0.3) is 6.43 Å². The first-order valence-corrected chi connectivity index (χ1v) is 11.0. The minimum absolute atomic E-state index is 0.249. The summed E-state index contributed by atoms with van der Waals surface area (Å²) in [6.45, 7) is 0.715. The molecule has 0 saturated heterocycles. The third-order valence-electron chi connectivity index (χ3n) is 5.74. The number of rotatable bonds is 8. The van der Waals surface area contributed by atoms with Gasteiger partial charge in [0.1, 0.15) is 12.4 Å². The van der Waals surface area contributed by atoms with Crippen LogP contribution in [0.3, 0.4) is 0 Å². The third kappa shape index (κ3) is 5.77. The minimum atomic E-state index is -4.65. The van der Waals surface area contributed by atoms with E-state index in [1.807, 2.05) is 4.57 Å². The van der Waals surface area contributed by atoms with Crippen LogP contribution in [0.4, 0.5) is 38.1 Å². The predicted octanol–water partition coefficient (Wildman–Crippen LogP) is 6.44. The Morgan fingerprint density at radius 3 is 2.46 bits per heavy atom. The van der Waals surface area contributed by atoms with E-state index in [-0.39, 0.29) is 5.69 Å². The van der Waals surface area contributed by atoms with Crippen LogP contribution in [0.25, 0.3) is 22.2 Å². The van der Waals surface area contributed by atoms with E-state index in [1.165, 1.54) is 12.1 Å². The number of anilines is 2. The third-order valence-corrected chi connectivity index (χ3v) is 5.74.